The first kappa shape index (κ1) is 13.7. The number of methoxy groups -OCH3 is 1. The molecule has 1 rings (SSSR count). The van der Waals surface area contributed by atoms with E-state index in [1.54, 1.807) is 18.0 Å². The first-order valence-corrected chi connectivity index (χ1v) is 5.97. The Labute approximate surface area is 102 Å². The van der Waals surface area contributed by atoms with Crippen LogP contribution >= 0.6 is 0 Å². The minimum Gasteiger partial charge on any atom is -0.493 e. The van der Waals surface area contributed by atoms with Crippen LogP contribution in [0.15, 0.2) is 6.20 Å². The predicted octanol–water partition coefficient (Wildman–Crippen LogP) is 1.65. The highest BCUT2D eigenvalue weighted by atomic mass is 16.5. The summed E-state index contributed by atoms with van der Waals surface area (Å²) in [6.07, 6.45) is 2.60. The minimum absolute atomic E-state index is 0.0153. The van der Waals surface area contributed by atoms with E-state index < -0.39 is 0 Å². The molecule has 0 unspecified atom stereocenters. The van der Waals surface area contributed by atoms with Crippen LogP contribution in [-0.2, 0) is 0 Å². The van der Waals surface area contributed by atoms with Crippen LogP contribution in [0.5, 0.6) is 5.75 Å². The Morgan fingerprint density at radius 3 is 2.82 bits per heavy atom. The predicted molar refractivity (Wildman–Crippen MR) is 66.7 cm³/mol. The van der Waals surface area contributed by atoms with E-state index in [1.165, 1.54) is 0 Å². The summed E-state index contributed by atoms with van der Waals surface area (Å²) in [5.74, 6) is 0.559. The van der Waals surface area contributed by atoms with Gasteiger partial charge in [0.05, 0.1) is 19.9 Å². The van der Waals surface area contributed by atoms with E-state index in [0.717, 1.165) is 13.0 Å². The molecule has 0 aliphatic carbocycles. The third-order valence-electron chi connectivity index (χ3n) is 2.45. The van der Waals surface area contributed by atoms with E-state index in [0.29, 0.717) is 18.0 Å². The molecule has 0 spiro atoms. The van der Waals surface area contributed by atoms with Crippen molar-refractivity contribution in [3.05, 3.63) is 11.9 Å². The maximum Gasteiger partial charge on any atom is 0.198 e. The topological polar surface area (TPSA) is 56.1 Å². The maximum absolute atomic E-state index is 12.1. The normalized spacial score (nSPS) is 10.9. The number of hydrogen-bond donors (Lipinski definition) is 1. The van der Waals surface area contributed by atoms with Gasteiger partial charge in [0.15, 0.2) is 11.5 Å². The van der Waals surface area contributed by atoms with Crippen LogP contribution in [0.3, 0.4) is 0 Å². The molecule has 0 saturated heterocycles. The van der Waals surface area contributed by atoms with Crippen molar-refractivity contribution in [3.63, 3.8) is 0 Å². The summed E-state index contributed by atoms with van der Waals surface area (Å²) in [7, 11) is 1.55. The fourth-order valence-electron chi connectivity index (χ4n) is 1.61. The third-order valence-corrected chi connectivity index (χ3v) is 2.45. The van der Waals surface area contributed by atoms with Gasteiger partial charge in [0.1, 0.15) is 5.69 Å². The number of rotatable bonds is 7. The average Bonchev–Trinajstić information content (AvgIpc) is 2.72. The largest absolute Gasteiger partial charge is 0.493 e. The Hall–Kier alpha value is -1.36. The lowest BCUT2D eigenvalue weighted by molar-refractivity contribution is 0.0976. The summed E-state index contributed by atoms with van der Waals surface area (Å²) in [5.41, 5.74) is 0.547. The lowest BCUT2D eigenvalue weighted by Crippen LogP contribution is -2.26. The fourth-order valence-corrected chi connectivity index (χ4v) is 1.61. The van der Waals surface area contributed by atoms with Crippen molar-refractivity contribution in [1.29, 1.82) is 0 Å². The molecule has 1 aromatic heterocycles. The molecule has 0 bridgehead atoms. The number of carbonyl (C=O) groups excluding carboxylic acids is 1. The number of Topliss-reactive ketones (excluding diaryl/α,β-unsaturated/α-hetero) is 1. The number of nitrogens with zero attached hydrogens (tertiary/aromatic N) is 2. The zero-order chi connectivity index (χ0) is 12.8. The fraction of sp³-hybridized carbons (Fsp3) is 0.667. The van der Waals surface area contributed by atoms with Crippen molar-refractivity contribution in [2.45, 2.75) is 33.2 Å². The first-order valence-electron chi connectivity index (χ1n) is 5.97. The van der Waals surface area contributed by atoms with Crippen LogP contribution in [0.25, 0.3) is 0 Å². The van der Waals surface area contributed by atoms with Gasteiger partial charge >= 0.3 is 0 Å². The molecule has 96 valence electrons. The highest BCUT2D eigenvalue weighted by Crippen LogP contribution is 2.21. The second-order valence-electron chi connectivity index (χ2n) is 4.20. The second-order valence-corrected chi connectivity index (χ2v) is 4.20. The number of ketones is 1. The Kier molecular flexibility index (Phi) is 5.15. The molecule has 0 aliphatic rings. The summed E-state index contributed by atoms with van der Waals surface area (Å²) >= 11 is 0. The number of ether oxygens (including phenoxy) is 1. The van der Waals surface area contributed by atoms with Gasteiger partial charge in [0, 0.05) is 6.04 Å². The third kappa shape index (κ3) is 3.30. The molecular weight excluding hydrogens is 218 g/mol. The Morgan fingerprint density at radius 2 is 2.29 bits per heavy atom. The molecule has 1 N–H and O–H groups in total. The summed E-state index contributed by atoms with van der Waals surface area (Å²) in [6.45, 7) is 7.20. The zero-order valence-corrected chi connectivity index (χ0v) is 11.0. The monoisotopic (exact) mass is 239 g/mol. The van der Waals surface area contributed by atoms with E-state index in [2.05, 4.69) is 17.3 Å². The van der Waals surface area contributed by atoms with Crippen LogP contribution in [0.2, 0.25) is 0 Å². The zero-order valence-electron chi connectivity index (χ0n) is 11.0. The van der Waals surface area contributed by atoms with Gasteiger partial charge in [-0.1, -0.05) is 6.92 Å². The number of hydrogen-bond acceptors (Lipinski definition) is 4. The van der Waals surface area contributed by atoms with E-state index in [-0.39, 0.29) is 11.8 Å². The summed E-state index contributed by atoms with van der Waals surface area (Å²) in [4.78, 5) is 12.1. The summed E-state index contributed by atoms with van der Waals surface area (Å²) in [6, 6.07) is 0.143. The van der Waals surface area contributed by atoms with Crippen molar-refractivity contribution < 1.29 is 9.53 Å². The molecule has 1 aromatic rings. The first-order chi connectivity index (χ1) is 8.11. The molecular formula is C12H21N3O2. The number of aromatic nitrogens is 2. The Balaban J connectivity index is 2.85. The van der Waals surface area contributed by atoms with Gasteiger partial charge in [0.2, 0.25) is 0 Å². The highest BCUT2D eigenvalue weighted by molar-refractivity contribution is 5.98. The van der Waals surface area contributed by atoms with Gasteiger partial charge in [-0.05, 0) is 26.8 Å². The average molecular weight is 239 g/mol. The summed E-state index contributed by atoms with van der Waals surface area (Å²) < 4.78 is 6.87. The lowest BCUT2D eigenvalue weighted by Gasteiger charge is -2.11. The lowest BCUT2D eigenvalue weighted by atomic mass is 10.2. The standard InChI is InChI=1S/C12H21N3O2/c1-5-6-13-7-10(16)12-11(17-4)8-14-15(12)9(2)3/h8-9,13H,5-7H2,1-4H3. The molecule has 0 amide bonds. The van der Waals surface area contributed by atoms with E-state index in [4.69, 9.17) is 4.74 Å². The maximum atomic E-state index is 12.1. The van der Waals surface area contributed by atoms with Gasteiger partial charge in [-0.3, -0.25) is 9.48 Å². The van der Waals surface area contributed by atoms with Crippen LogP contribution in [-0.4, -0.2) is 35.8 Å². The minimum atomic E-state index is 0.0153. The molecule has 0 fully saturated rings. The SMILES string of the molecule is CCCNCC(=O)c1c(OC)cnn1C(C)C. The van der Waals surface area contributed by atoms with Crippen molar-refractivity contribution in [2.75, 3.05) is 20.2 Å². The van der Waals surface area contributed by atoms with Gasteiger partial charge in [-0.15, -0.1) is 0 Å². The molecule has 0 atom stereocenters. The molecule has 0 aliphatic heterocycles. The van der Waals surface area contributed by atoms with Crippen LogP contribution in [0.1, 0.15) is 43.7 Å². The van der Waals surface area contributed by atoms with Crippen molar-refractivity contribution in [3.8, 4) is 5.75 Å². The van der Waals surface area contributed by atoms with Gasteiger partial charge < -0.3 is 10.1 Å². The van der Waals surface area contributed by atoms with Gasteiger partial charge in [0.25, 0.3) is 0 Å². The van der Waals surface area contributed by atoms with Gasteiger partial charge in [-0.25, -0.2) is 0 Å². The van der Waals surface area contributed by atoms with Crippen LogP contribution < -0.4 is 10.1 Å². The highest BCUT2D eigenvalue weighted by Gasteiger charge is 2.20. The Morgan fingerprint density at radius 1 is 1.59 bits per heavy atom. The van der Waals surface area contributed by atoms with Crippen molar-refractivity contribution in [2.24, 2.45) is 0 Å². The smallest absolute Gasteiger partial charge is 0.198 e. The molecule has 0 aromatic carbocycles. The molecule has 0 saturated carbocycles. The van der Waals surface area contributed by atoms with Crippen molar-refractivity contribution >= 4 is 5.78 Å². The number of carbonyl (C=O) groups is 1. The van der Waals surface area contributed by atoms with Crippen molar-refractivity contribution in [1.82, 2.24) is 15.1 Å². The molecule has 0 radical (unpaired) electrons. The van der Waals surface area contributed by atoms with E-state index in [1.807, 2.05) is 13.8 Å². The van der Waals surface area contributed by atoms with E-state index in [9.17, 15) is 4.79 Å². The summed E-state index contributed by atoms with van der Waals surface area (Å²) in [5, 5.41) is 7.27. The molecule has 1 heterocycles. The van der Waals surface area contributed by atoms with Crippen LogP contribution in [0, 0.1) is 0 Å². The van der Waals surface area contributed by atoms with E-state index >= 15 is 0 Å². The molecule has 5 nitrogen and oxygen atoms in total. The Bertz CT molecular complexity index is 372. The number of nitrogens with one attached hydrogen (secondary N) is 1. The molecule has 5 heteroatoms. The van der Waals surface area contributed by atoms with Crippen LogP contribution in [0.4, 0.5) is 0 Å². The van der Waals surface area contributed by atoms with Gasteiger partial charge in [-0.2, -0.15) is 5.10 Å². The second kappa shape index (κ2) is 6.39. The quantitative estimate of drug-likeness (QED) is 0.580. The molecule has 17 heavy (non-hydrogen) atoms.